The van der Waals surface area contributed by atoms with Gasteiger partial charge < -0.3 is 15.6 Å². The molecule has 6 heteroatoms. The number of ether oxygens (including phenoxy) is 1. The number of halogens is 2. The van der Waals surface area contributed by atoms with Gasteiger partial charge in [0.05, 0.1) is 19.8 Å². The second-order valence-corrected chi connectivity index (χ2v) is 2.86. The molecule has 1 rings (SSSR count). The first-order valence-corrected chi connectivity index (χ1v) is 3.99. The van der Waals surface area contributed by atoms with Crippen molar-refractivity contribution in [3.63, 3.8) is 0 Å². The van der Waals surface area contributed by atoms with E-state index in [0.717, 1.165) is 32.8 Å². The first kappa shape index (κ1) is 15.9. The molecule has 1 aliphatic heterocycles. The number of nitrogens with two attached hydrogens (primary N) is 1. The zero-order chi connectivity index (χ0) is 8.10. The molecule has 0 bridgehead atoms. The minimum absolute atomic E-state index is 0. The van der Waals surface area contributed by atoms with Crippen LogP contribution in [-0.4, -0.2) is 55.5 Å². The highest BCUT2D eigenvalue weighted by molar-refractivity contribution is 5.85. The molecule has 0 radical (unpaired) electrons. The van der Waals surface area contributed by atoms with Gasteiger partial charge in [0.2, 0.25) is 0 Å². The third-order valence-electron chi connectivity index (χ3n) is 1.83. The van der Waals surface area contributed by atoms with Gasteiger partial charge in [-0.1, -0.05) is 0 Å². The first-order valence-electron chi connectivity index (χ1n) is 3.99. The maximum atomic E-state index is 8.68. The fourth-order valence-corrected chi connectivity index (χ4v) is 1.17. The van der Waals surface area contributed by atoms with E-state index in [1.54, 1.807) is 0 Å². The van der Waals surface area contributed by atoms with Gasteiger partial charge in [-0.3, -0.25) is 4.90 Å². The molecule has 1 heterocycles. The summed E-state index contributed by atoms with van der Waals surface area (Å²) in [5.41, 5.74) is 5.57. The van der Waals surface area contributed by atoms with Crippen molar-refractivity contribution < 1.29 is 9.84 Å². The second-order valence-electron chi connectivity index (χ2n) is 2.86. The Morgan fingerprint density at radius 3 is 2.31 bits per heavy atom. The van der Waals surface area contributed by atoms with Crippen LogP contribution in [0, 0.1) is 0 Å². The topological polar surface area (TPSA) is 58.7 Å². The van der Waals surface area contributed by atoms with Gasteiger partial charge in [0.15, 0.2) is 0 Å². The van der Waals surface area contributed by atoms with Crippen LogP contribution in [0.25, 0.3) is 0 Å². The van der Waals surface area contributed by atoms with Crippen molar-refractivity contribution in [2.45, 2.75) is 6.04 Å². The van der Waals surface area contributed by atoms with E-state index in [2.05, 4.69) is 4.90 Å². The summed E-state index contributed by atoms with van der Waals surface area (Å²) < 4.78 is 5.17. The fraction of sp³-hybridized carbons (Fsp3) is 1.00. The molecule has 1 fully saturated rings. The predicted molar refractivity (Wildman–Crippen MR) is 56.8 cm³/mol. The minimum atomic E-state index is -0.104. The molecule has 0 aromatic heterocycles. The summed E-state index contributed by atoms with van der Waals surface area (Å²) in [6.45, 7) is 4.30. The highest BCUT2D eigenvalue weighted by atomic mass is 35.5. The molecule has 82 valence electrons. The average molecular weight is 233 g/mol. The van der Waals surface area contributed by atoms with E-state index >= 15 is 0 Å². The quantitative estimate of drug-likeness (QED) is 0.688. The molecule has 13 heavy (non-hydrogen) atoms. The lowest BCUT2D eigenvalue weighted by Crippen LogP contribution is -2.44. The van der Waals surface area contributed by atoms with Crippen LogP contribution >= 0.6 is 24.8 Å². The summed E-state index contributed by atoms with van der Waals surface area (Å²) in [7, 11) is 0. The van der Waals surface area contributed by atoms with Gasteiger partial charge in [-0.15, -0.1) is 24.8 Å². The molecule has 1 aliphatic rings. The normalized spacial score (nSPS) is 19.8. The van der Waals surface area contributed by atoms with E-state index < -0.39 is 0 Å². The highest BCUT2D eigenvalue weighted by Gasteiger charge is 2.12. The maximum absolute atomic E-state index is 8.68. The number of aliphatic hydroxyl groups excluding tert-OH is 1. The molecular weight excluding hydrogens is 215 g/mol. The summed E-state index contributed by atoms with van der Waals surface area (Å²) >= 11 is 0. The molecule has 1 unspecified atom stereocenters. The van der Waals surface area contributed by atoms with Crippen LogP contribution < -0.4 is 5.73 Å². The Morgan fingerprint density at radius 1 is 1.31 bits per heavy atom. The maximum Gasteiger partial charge on any atom is 0.0595 e. The number of morpholine rings is 1. The van der Waals surface area contributed by atoms with E-state index in [9.17, 15) is 0 Å². The number of hydrogen-bond acceptors (Lipinski definition) is 4. The van der Waals surface area contributed by atoms with Crippen LogP contribution in [0.4, 0.5) is 0 Å². The van der Waals surface area contributed by atoms with Crippen LogP contribution in [0.15, 0.2) is 0 Å². The van der Waals surface area contributed by atoms with E-state index in [1.807, 2.05) is 0 Å². The largest absolute Gasteiger partial charge is 0.395 e. The lowest BCUT2D eigenvalue weighted by Gasteiger charge is -2.28. The molecule has 0 aromatic rings. The van der Waals surface area contributed by atoms with Crippen LogP contribution in [0.2, 0.25) is 0 Å². The molecule has 0 aromatic carbocycles. The van der Waals surface area contributed by atoms with Crippen molar-refractivity contribution in [3.8, 4) is 0 Å². The van der Waals surface area contributed by atoms with Gasteiger partial charge >= 0.3 is 0 Å². The number of aliphatic hydroxyl groups is 1. The van der Waals surface area contributed by atoms with E-state index in [-0.39, 0.29) is 37.5 Å². The molecule has 1 saturated heterocycles. The van der Waals surface area contributed by atoms with Crippen LogP contribution in [0.3, 0.4) is 0 Å². The van der Waals surface area contributed by atoms with Crippen LogP contribution in [-0.2, 0) is 4.74 Å². The number of nitrogens with zero attached hydrogens (tertiary/aromatic N) is 1. The Bertz CT molecular complexity index is 113. The lowest BCUT2D eigenvalue weighted by molar-refractivity contribution is 0.0324. The Labute approximate surface area is 91.2 Å². The van der Waals surface area contributed by atoms with E-state index in [1.165, 1.54) is 0 Å². The molecule has 1 atom stereocenters. The molecular formula is C7H18Cl2N2O2. The van der Waals surface area contributed by atoms with Crippen LogP contribution in [0.1, 0.15) is 0 Å². The summed E-state index contributed by atoms with van der Waals surface area (Å²) in [4.78, 5) is 2.21. The van der Waals surface area contributed by atoms with Crippen molar-refractivity contribution in [1.82, 2.24) is 4.90 Å². The molecule has 0 saturated carbocycles. The first-order chi connectivity index (χ1) is 5.33. The zero-order valence-corrected chi connectivity index (χ0v) is 9.15. The average Bonchev–Trinajstić information content (AvgIpc) is 2.06. The third-order valence-corrected chi connectivity index (χ3v) is 1.83. The Balaban J connectivity index is 0. The van der Waals surface area contributed by atoms with Crippen LogP contribution in [0.5, 0.6) is 0 Å². The van der Waals surface area contributed by atoms with Gasteiger partial charge in [-0.2, -0.15) is 0 Å². The number of hydrogen-bond donors (Lipinski definition) is 2. The van der Waals surface area contributed by atoms with Crippen molar-refractivity contribution in [1.29, 1.82) is 0 Å². The highest BCUT2D eigenvalue weighted by Crippen LogP contribution is 1.96. The molecule has 4 nitrogen and oxygen atoms in total. The molecule has 3 N–H and O–H groups in total. The van der Waals surface area contributed by atoms with E-state index in [0.29, 0.717) is 0 Å². The Morgan fingerprint density at radius 2 is 1.85 bits per heavy atom. The SMILES string of the molecule is Cl.Cl.NC(CO)CN1CCOCC1. The van der Waals surface area contributed by atoms with Gasteiger partial charge in [-0.05, 0) is 0 Å². The van der Waals surface area contributed by atoms with Gasteiger partial charge in [0.1, 0.15) is 0 Å². The van der Waals surface area contributed by atoms with Crippen molar-refractivity contribution in [2.75, 3.05) is 39.5 Å². The predicted octanol–water partition coefficient (Wildman–Crippen LogP) is -0.518. The second kappa shape index (κ2) is 8.99. The van der Waals surface area contributed by atoms with Crippen molar-refractivity contribution in [3.05, 3.63) is 0 Å². The Hall–Kier alpha value is 0.420. The van der Waals surface area contributed by atoms with Gasteiger partial charge in [-0.25, -0.2) is 0 Å². The standard InChI is InChI=1S/C7H16N2O2.2ClH/c8-7(6-10)5-9-1-3-11-4-2-9;;/h7,10H,1-6,8H2;2*1H. The zero-order valence-electron chi connectivity index (χ0n) is 7.52. The van der Waals surface area contributed by atoms with Crippen molar-refractivity contribution >= 4 is 24.8 Å². The Kier molecular flexibility index (Phi) is 11.0. The summed E-state index contributed by atoms with van der Waals surface area (Å²) in [5, 5.41) is 8.68. The van der Waals surface area contributed by atoms with Gasteiger partial charge in [0, 0.05) is 25.7 Å². The molecule has 0 aliphatic carbocycles. The smallest absolute Gasteiger partial charge is 0.0595 e. The minimum Gasteiger partial charge on any atom is -0.395 e. The van der Waals surface area contributed by atoms with Crippen molar-refractivity contribution in [2.24, 2.45) is 5.73 Å². The summed E-state index contributed by atoms with van der Waals surface area (Å²) in [5.74, 6) is 0. The fourth-order valence-electron chi connectivity index (χ4n) is 1.17. The summed E-state index contributed by atoms with van der Waals surface area (Å²) in [6, 6.07) is -0.104. The molecule has 0 amide bonds. The molecule has 0 spiro atoms. The lowest BCUT2D eigenvalue weighted by atomic mass is 10.3. The number of rotatable bonds is 3. The van der Waals surface area contributed by atoms with Gasteiger partial charge in [0.25, 0.3) is 0 Å². The third kappa shape index (κ3) is 6.49. The summed E-state index contributed by atoms with van der Waals surface area (Å²) in [6.07, 6.45) is 0. The monoisotopic (exact) mass is 232 g/mol. The van der Waals surface area contributed by atoms with E-state index in [4.69, 9.17) is 15.6 Å².